The molecule has 0 radical (unpaired) electrons. The van der Waals surface area contributed by atoms with Crippen molar-refractivity contribution < 1.29 is 4.79 Å². The molecule has 3 heterocycles. The number of rotatable bonds is 3. The van der Waals surface area contributed by atoms with Crippen LogP contribution in [0.5, 0.6) is 0 Å². The Balaban J connectivity index is 1.47. The van der Waals surface area contributed by atoms with Crippen LogP contribution >= 0.6 is 0 Å². The lowest BCUT2D eigenvalue weighted by molar-refractivity contribution is 0.248. The minimum atomic E-state index is -0.211. The number of imidazole rings is 1. The number of fused-ring (bicyclic) bond motifs is 1. The lowest BCUT2D eigenvalue weighted by Gasteiger charge is -2.23. The first-order valence-corrected chi connectivity index (χ1v) is 6.75. The molecule has 2 amide bonds. The molecule has 2 N–H and O–H groups in total. The van der Waals surface area contributed by atoms with Crippen molar-refractivity contribution in [3.8, 4) is 0 Å². The van der Waals surface area contributed by atoms with E-state index in [0.29, 0.717) is 18.3 Å². The van der Waals surface area contributed by atoms with Gasteiger partial charge in [-0.1, -0.05) is 0 Å². The number of nitrogens with zero attached hydrogens (tertiary/aromatic N) is 4. The Hall–Kier alpha value is -2.31. The molecule has 7 nitrogen and oxygen atoms in total. The zero-order chi connectivity index (χ0) is 13.9. The van der Waals surface area contributed by atoms with Gasteiger partial charge in [0.15, 0.2) is 5.82 Å². The molecule has 0 unspecified atom stereocenters. The van der Waals surface area contributed by atoms with Crippen molar-refractivity contribution in [2.45, 2.75) is 19.4 Å². The third kappa shape index (κ3) is 2.81. The Labute approximate surface area is 117 Å². The summed E-state index contributed by atoms with van der Waals surface area (Å²) in [5.74, 6) is 2.11. The molecule has 1 atom stereocenters. The maximum Gasteiger partial charge on any atom is 0.320 e. The van der Waals surface area contributed by atoms with E-state index in [1.165, 1.54) is 0 Å². The summed E-state index contributed by atoms with van der Waals surface area (Å²) in [5.41, 5.74) is 0. The van der Waals surface area contributed by atoms with E-state index in [-0.39, 0.29) is 6.03 Å². The molecule has 0 spiro atoms. The molecule has 1 aliphatic rings. The number of amides is 2. The van der Waals surface area contributed by atoms with Crippen LogP contribution in [0.4, 0.5) is 10.6 Å². The van der Waals surface area contributed by atoms with E-state index in [0.717, 1.165) is 25.2 Å². The van der Waals surface area contributed by atoms with Crippen molar-refractivity contribution in [3.63, 3.8) is 0 Å². The summed E-state index contributed by atoms with van der Waals surface area (Å²) >= 11 is 0. The third-order valence-electron chi connectivity index (χ3n) is 3.56. The Morgan fingerprint density at radius 3 is 3.20 bits per heavy atom. The van der Waals surface area contributed by atoms with E-state index in [9.17, 15) is 4.79 Å². The zero-order valence-electron chi connectivity index (χ0n) is 11.4. The number of anilines is 1. The van der Waals surface area contributed by atoms with Crippen LogP contribution in [0.15, 0.2) is 24.7 Å². The van der Waals surface area contributed by atoms with Crippen LogP contribution in [0.3, 0.4) is 0 Å². The Morgan fingerprint density at radius 1 is 1.50 bits per heavy atom. The number of hydrogen-bond acceptors (Lipinski definition) is 3. The van der Waals surface area contributed by atoms with E-state index < -0.39 is 0 Å². The second-order valence-electron chi connectivity index (χ2n) is 5.11. The highest BCUT2D eigenvalue weighted by atomic mass is 16.2. The molecule has 1 aliphatic heterocycles. The summed E-state index contributed by atoms with van der Waals surface area (Å²) in [7, 11) is 1.81. The average Bonchev–Trinajstić information content (AvgIpc) is 3.04. The maximum absolute atomic E-state index is 11.8. The summed E-state index contributed by atoms with van der Waals surface area (Å²) < 4.78 is 3.82. The fourth-order valence-corrected chi connectivity index (χ4v) is 2.47. The third-order valence-corrected chi connectivity index (χ3v) is 3.56. The van der Waals surface area contributed by atoms with Crippen LogP contribution in [-0.4, -0.2) is 31.9 Å². The molecule has 0 bridgehead atoms. The van der Waals surface area contributed by atoms with Gasteiger partial charge in [0.05, 0.1) is 0 Å². The van der Waals surface area contributed by atoms with Crippen molar-refractivity contribution in [3.05, 3.63) is 30.5 Å². The van der Waals surface area contributed by atoms with Crippen molar-refractivity contribution in [1.29, 1.82) is 0 Å². The van der Waals surface area contributed by atoms with Gasteiger partial charge in [0.25, 0.3) is 0 Å². The van der Waals surface area contributed by atoms with Crippen LogP contribution in [0.2, 0.25) is 0 Å². The van der Waals surface area contributed by atoms with Crippen LogP contribution in [0, 0.1) is 5.92 Å². The first kappa shape index (κ1) is 12.7. The van der Waals surface area contributed by atoms with Gasteiger partial charge < -0.3 is 9.88 Å². The quantitative estimate of drug-likeness (QED) is 0.876. The monoisotopic (exact) mass is 274 g/mol. The van der Waals surface area contributed by atoms with Gasteiger partial charge in [-0.15, -0.1) is 0 Å². The Kier molecular flexibility index (Phi) is 3.41. The predicted molar refractivity (Wildman–Crippen MR) is 74.3 cm³/mol. The van der Waals surface area contributed by atoms with Gasteiger partial charge in [-0.3, -0.25) is 10.00 Å². The van der Waals surface area contributed by atoms with E-state index in [1.54, 1.807) is 16.9 Å². The molecule has 20 heavy (non-hydrogen) atoms. The van der Waals surface area contributed by atoms with Crippen LogP contribution in [0.25, 0.3) is 0 Å². The number of hydrogen-bond donors (Lipinski definition) is 2. The van der Waals surface area contributed by atoms with Crippen molar-refractivity contribution in [2.75, 3.05) is 11.9 Å². The molecule has 0 aliphatic carbocycles. The number of aromatic nitrogens is 4. The van der Waals surface area contributed by atoms with Crippen molar-refractivity contribution in [1.82, 2.24) is 24.6 Å². The highest BCUT2D eigenvalue weighted by Gasteiger charge is 2.19. The summed E-state index contributed by atoms with van der Waals surface area (Å²) in [6, 6.07) is 1.55. The topological polar surface area (TPSA) is 76.8 Å². The Bertz CT molecular complexity index is 602. The molecule has 0 fully saturated rings. The molecule has 106 valence electrons. The van der Waals surface area contributed by atoms with E-state index in [1.807, 2.05) is 19.4 Å². The molecule has 0 aromatic carbocycles. The molecule has 2 aromatic heterocycles. The lowest BCUT2D eigenvalue weighted by atomic mass is 9.98. The predicted octanol–water partition coefficient (Wildman–Crippen LogP) is 1.00. The van der Waals surface area contributed by atoms with Crippen molar-refractivity contribution >= 4 is 11.8 Å². The van der Waals surface area contributed by atoms with Gasteiger partial charge in [0.1, 0.15) is 5.82 Å². The van der Waals surface area contributed by atoms with Crippen LogP contribution < -0.4 is 10.6 Å². The zero-order valence-corrected chi connectivity index (χ0v) is 11.4. The lowest BCUT2D eigenvalue weighted by Crippen LogP contribution is -2.35. The highest BCUT2D eigenvalue weighted by molar-refractivity contribution is 5.88. The molecule has 0 saturated heterocycles. The van der Waals surface area contributed by atoms with Gasteiger partial charge in [0.2, 0.25) is 0 Å². The number of aryl methyl sites for hydroxylation is 2. The van der Waals surface area contributed by atoms with E-state index >= 15 is 0 Å². The summed E-state index contributed by atoms with van der Waals surface area (Å²) in [4.78, 5) is 16.1. The minimum absolute atomic E-state index is 0.211. The van der Waals surface area contributed by atoms with Gasteiger partial charge in [-0.05, 0) is 12.3 Å². The first-order chi connectivity index (χ1) is 9.70. The fraction of sp³-hybridized carbons (Fsp3) is 0.462. The van der Waals surface area contributed by atoms with Crippen LogP contribution in [-0.2, 0) is 20.0 Å². The second kappa shape index (κ2) is 5.36. The summed E-state index contributed by atoms with van der Waals surface area (Å²) in [5, 5.41) is 9.71. The van der Waals surface area contributed by atoms with Gasteiger partial charge in [-0.2, -0.15) is 5.10 Å². The SMILES string of the molecule is Cn1ccc(NC(=O)NC[C@H]2CCn3ccnc3C2)n1. The summed E-state index contributed by atoms with van der Waals surface area (Å²) in [6.45, 7) is 1.63. The van der Waals surface area contributed by atoms with Gasteiger partial charge >= 0.3 is 6.03 Å². The van der Waals surface area contributed by atoms with Crippen LogP contribution in [0.1, 0.15) is 12.2 Å². The average molecular weight is 274 g/mol. The smallest absolute Gasteiger partial charge is 0.320 e. The van der Waals surface area contributed by atoms with E-state index in [4.69, 9.17) is 0 Å². The number of carbonyl (C=O) groups is 1. The molecule has 7 heteroatoms. The minimum Gasteiger partial charge on any atom is -0.338 e. The molecule has 2 aromatic rings. The highest BCUT2D eigenvalue weighted by Crippen LogP contribution is 2.18. The number of carbonyl (C=O) groups excluding carboxylic acids is 1. The van der Waals surface area contributed by atoms with Crippen molar-refractivity contribution in [2.24, 2.45) is 13.0 Å². The molecule has 0 saturated carbocycles. The van der Waals surface area contributed by atoms with Gasteiger partial charge in [0, 0.05) is 51.2 Å². The fourth-order valence-electron chi connectivity index (χ4n) is 2.47. The van der Waals surface area contributed by atoms with Gasteiger partial charge in [-0.25, -0.2) is 9.78 Å². The normalized spacial score (nSPS) is 17.6. The summed E-state index contributed by atoms with van der Waals surface area (Å²) in [6.07, 6.45) is 7.60. The Morgan fingerprint density at radius 2 is 2.40 bits per heavy atom. The molecular formula is C13H18N6O. The standard InChI is InChI=1S/C13H18N6O/c1-18-5-3-11(17-18)16-13(20)15-9-10-2-6-19-7-4-14-12(19)8-10/h3-5,7,10H,2,6,8-9H2,1H3,(H2,15,16,17,20)/t10-/m0/s1. The maximum atomic E-state index is 11.8. The largest absolute Gasteiger partial charge is 0.338 e. The first-order valence-electron chi connectivity index (χ1n) is 6.75. The number of nitrogens with one attached hydrogen (secondary N) is 2. The number of urea groups is 1. The molecular weight excluding hydrogens is 256 g/mol. The second-order valence-corrected chi connectivity index (χ2v) is 5.11. The molecule has 3 rings (SSSR count). The van der Waals surface area contributed by atoms with E-state index in [2.05, 4.69) is 25.3 Å².